The molecule has 2 aliphatic heterocycles. The molecule has 1 amide bonds. The number of aliphatic carboxylic acids is 1. The average Bonchev–Trinajstić information content (AvgIpc) is 2.98. The minimum Gasteiger partial charge on any atom is -0.543 e. The molecule has 2 aliphatic rings. The Balaban J connectivity index is 1.51. The molecule has 28 heavy (non-hydrogen) atoms. The molecule has 0 spiro atoms. The second-order valence-corrected chi connectivity index (χ2v) is 9.17. The fourth-order valence-electron chi connectivity index (χ4n) is 3.33. The quantitative estimate of drug-likeness (QED) is 0.560. The summed E-state index contributed by atoms with van der Waals surface area (Å²) >= 11 is 2.61. The van der Waals surface area contributed by atoms with Crippen molar-refractivity contribution < 1.29 is 24.4 Å². The van der Waals surface area contributed by atoms with Gasteiger partial charge in [0.15, 0.2) is 18.9 Å². The third-order valence-electron chi connectivity index (χ3n) is 4.74. The maximum absolute atomic E-state index is 12.2. The SMILES string of the molecule is C[C@@H](O)[C@H]1C(=O)N2C(C(=O)[O-])=C(Sc3ccc(C[n+]4ccccc4)cc3)S[C@H]12. The smallest absolute Gasteiger partial charge is 0.236 e. The van der Waals surface area contributed by atoms with Crippen LogP contribution in [0.4, 0.5) is 0 Å². The summed E-state index contributed by atoms with van der Waals surface area (Å²) in [7, 11) is 0. The Hall–Kier alpha value is -2.29. The number of β-lactam (4-membered cyclic amide) rings is 1. The van der Waals surface area contributed by atoms with Crippen LogP contribution < -0.4 is 9.67 Å². The molecule has 1 aromatic carbocycles. The van der Waals surface area contributed by atoms with Crippen LogP contribution in [0.5, 0.6) is 0 Å². The van der Waals surface area contributed by atoms with Gasteiger partial charge in [-0.1, -0.05) is 41.7 Å². The van der Waals surface area contributed by atoms with Gasteiger partial charge in [0.05, 0.1) is 27.9 Å². The number of aliphatic hydroxyl groups is 1. The van der Waals surface area contributed by atoms with Crippen LogP contribution >= 0.6 is 23.5 Å². The van der Waals surface area contributed by atoms with Gasteiger partial charge in [0.25, 0.3) is 0 Å². The predicted molar refractivity (Wildman–Crippen MR) is 103 cm³/mol. The Bertz CT molecular complexity index is 944. The Morgan fingerprint density at radius 2 is 1.96 bits per heavy atom. The molecule has 144 valence electrons. The number of carbonyl (C=O) groups is 2. The molecule has 1 N–H and O–H groups in total. The number of aromatic nitrogens is 1. The molecule has 1 saturated heterocycles. The fourth-order valence-corrected chi connectivity index (χ4v) is 6.19. The Labute approximate surface area is 170 Å². The van der Waals surface area contributed by atoms with Gasteiger partial charge < -0.3 is 15.0 Å². The third kappa shape index (κ3) is 3.43. The molecule has 6 nitrogen and oxygen atoms in total. The highest BCUT2D eigenvalue weighted by molar-refractivity contribution is 8.22. The highest BCUT2D eigenvalue weighted by atomic mass is 32.2. The molecular weight excluding hydrogens is 396 g/mol. The van der Waals surface area contributed by atoms with Crippen molar-refractivity contribution in [2.24, 2.45) is 5.92 Å². The molecule has 0 saturated carbocycles. The summed E-state index contributed by atoms with van der Waals surface area (Å²) in [6.45, 7) is 2.29. The van der Waals surface area contributed by atoms with E-state index in [1.807, 2.05) is 54.9 Å². The van der Waals surface area contributed by atoms with Gasteiger partial charge in [0.1, 0.15) is 5.37 Å². The van der Waals surface area contributed by atoms with E-state index in [2.05, 4.69) is 4.57 Å². The molecule has 0 radical (unpaired) electrons. The first-order chi connectivity index (χ1) is 13.5. The lowest BCUT2D eigenvalue weighted by Crippen LogP contribution is -2.61. The average molecular weight is 415 g/mol. The standard InChI is InChI=1S/C20H18N2O4S2/c1-12(23)15-17(24)22-16(19(25)26)20(28-18(15)22)27-14-7-5-13(6-8-14)11-21-9-3-2-4-10-21/h2-10,12,15,18,23H,11H2,1H3/t12-,15+,18-/m1/s1. The molecule has 0 aliphatic carbocycles. The van der Waals surface area contributed by atoms with Gasteiger partial charge in [-0.25, -0.2) is 4.57 Å². The third-order valence-corrected chi connectivity index (χ3v) is 7.31. The van der Waals surface area contributed by atoms with Crippen LogP contribution in [0, 0.1) is 5.92 Å². The number of pyridine rings is 1. The van der Waals surface area contributed by atoms with E-state index in [9.17, 15) is 19.8 Å². The minimum atomic E-state index is -1.37. The second kappa shape index (κ2) is 7.62. The lowest BCUT2D eigenvalue weighted by Gasteiger charge is -2.44. The normalized spacial score (nSPS) is 22.1. The lowest BCUT2D eigenvalue weighted by atomic mass is 9.92. The van der Waals surface area contributed by atoms with E-state index in [4.69, 9.17) is 0 Å². The Morgan fingerprint density at radius 3 is 2.57 bits per heavy atom. The first-order valence-electron chi connectivity index (χ1n) is 8.80. The number of hydrogen-bond acceptors (Lipinski definition) is 6. The van der Waals surface area contributed by atoms with Gasteiger partial charge in [-0.2, -0.15) is 0 Å². The van der Waals surface area contributed by atoms with Crippen LogP contribution in [0.1, 0.15) is 12.5 Å². The summed E-state index contributed by atoms with van der Waals surface area (Å²) in [6.07, 6.45) is 3.17. The number of aliphatic hydroxyl groups excluding tert-OH is 1. The highest BCUT2D eigenvalue weighted by Gasteiger charge is 2.56. The molecule has 0 unspecified atom stereocenters. The van der Waals surface area contributed by atoms with Crippen molar-refractivity contribution in [3.05, 3.63) is 70.4 Å². The molecule has 2 aromatic rings. The fraction of sp³-hybridized carbons (Fsp3) is 0.250. The van der Waals surface area contributed by atoms with Gasteiger partial charge in [0.2, 0.25) is 5.91 Å². The number of nitrogens with zero attached hydrogens (tertiary/aromatic N) is 2. The van der Waals surface area contributed by atoms with E-state index < -0.39 is 18.0 Å². The van der Waals surface area contributed by atoms with Crippen molar-refractivity contribution in [2.75, 3.05) is 0 Å². The van der Waals surface area contributed by atoms with Gasteiger partial charge >= 0.3 is 0 Å². The summed E-state index contributed by atoms with van der Waals surface area (Å²) < 4.78 is 2.59. The number of fused-ring (bicyclic) bond motifs is 1. The molecule has 3 atom stereocenters. The van der Waals surface area contributed by atoms with E-state index >= 15 is 0 Å². The van der Waals surface area contributed by atoms with Crippen LogP contribution in [-0.2, 0) is 16.1 Å². The zero-order chi connectivity index (χ0) is 19.8. The van der Waals surface area contributed by atoms with Crippen molar-refractivity contribution in [1.29, 1.82) is 0 Å². The molecule has 8 heteroatoms. The van der Waals surface area contributed by atoms with Gasteiger partial charge in [-0.15, -0.1) is 0 Å². The van der Waals surface area contributed by atoms with E-state index in [1.165, 1.54) is 28.4 Å². The van der Waals surface area contributed by atoms with Crippen molar-refractivity contribution >= 4 is 35.4 Å². The largest absolute Gasteiger partial charge is 0.543 e. The first-order valence-corrected chi connectivity index (χ1v) is 10.5. The number of amides is 1. The summed E-state index contributed by atoms with van der Waals surface area (Å²) in [5.74, 6) is -2.31. The Morgan fingerprint density at radius 1 is 1.29 bits per heavy atom. The zero-order valence-electron chi connectivity index (χ0n) is 15.0. The number of thioether (sulfide) groups is 2. The van der Waals surface area contributed by atoms with Crippen LogP contribution in [0.25, 0.3) is 0 Å². The van der Waals surface area contributed by atoms with E-state index in [1.54, 1.807) is 6.92 Å². The summed E-state index contributed by atoms with van der Waals surface area (Å²) in [5.41, 5.74) is 1.03. The van der Waals surface area contributed by atoms with Crippen molar-refractivity contribution in [3.8, 4) is 0 Å². The number of carbonyl (C=O) groups excluding carboxylic acids is 2. The topological polar surface area (TPSA) is 84.5 Å². The van der Waals surface area contributed by atoms with Crippen molar-refractivity contribution in [1.82, 2.24) is 4.90 Å². The molecule has 1 aromatic heterocycles. The van der Waals surface area contributed by atoms with Crippen LogP contribution in [0.3, 0.4) is 0 Å². The van der Waals surface area contributed by atoms with Gasteiger partial charge in [0, 0.05) is 22.6 Å². The molecular formula is C20H18N2O4S2. The zero-order valence-corrected chi connectivity index (χ0v) is 16.7. The number of benzene rings is 1. The van der Waals surface area contributed by atoms with Crippen molar-refractivity contribution in [3.63, 3.8) is 0 Å². The van der Waals surface area contributed by atoms with Crippen molar-refractivity contribution in [2.45, 2.75) is 29.8 Å². The molecule has 4 rings (SSSR count). The number of carboxylic acid groups (broad SMARTS) is 1. The Kier molecular flexibility index (Phi) is 5.18. The highest BCUT2D eigenvalue weighted by Crippen LogP contribution is 2.54. The summed E-state index contributed by atoms with van der Waals surface area (Å²) in [6, 6.07) is 13.8. The molecule has 3 heterocycles. The monoisotopic (exact) mass is 414 g/mol. The summed E-state index contributed by atoms with van der Waals surface area (Å²) in [5, 5.41) is 21.0. The molecule has 1 fully saturated rings. The number of rotatable bonds is 6. The van der Waals surface area contributed by atoms with E-state index in [-0.39, 0.29) is 17.0 Å². The van der Waals surface area contributed by atoms with E-state index in [0.717, 1.165) is 17.0 Å². The lowest BCUT2D eigenvalue weighted by molar-refractivity contribution is -0.688. The predicted octanol–water partition coefficient (Wildman–Crippen LogP) is 0.946. The molecule has 0 bridgehead atoms. The maximum atomic E-state index is 12.2. The van der Waals surface area contributed by atoms with Crippen LogP contribution in [0.2, 0.25) is 0 Å². The van der Waals surface area contributed by atoms with Gasteiger partial charge in [-0.05, 0) is 19.1 Å². The van der Waals surface area contributed by atoms with Crippen LogP contribution in [0.15, 0.2) is 69.7 Å². The van der Waals surface area contributed by atoms with Crippen LogP contribution in [-0.4, -0.2) is 33.4 Å². The minimum absolute atomic E-state index is 0.0918. The number of carboxylic acids is 1. The maximum Gasteiger partial charge on any atom is 0.236 e. The summed E-state index contributed by atoms with van der Waals surface area (Å²) in [4.78, 5) is 26.0. The number of hydrogen-bond donors (Lipinski definition) is 1. The second-order valence-electron chi connectivity index (χ2n) is 6.70. The first kappa shape index (κ1) is 19.0. The van der Waals surface area contributed by atoms with E-state index in [0.29, 0.717) is 4.24 Å². The van der Waals surface area contributed by atoms with Gasteiger partial charge in [-0.3, -0.25) is 9.69 Å².